The minimum Gasteiger partial charge on any atom is -0.487 e. The third-order valence-electron chi connectivity index (χ3n) is 7.13. The van der Waals surface area contributed by atoms with Crippen LogP contribution in [-0.2, 0) is 4.74 Å². The number of rotatable bonds is 8. The number of halogens is 2. The second kappa shape index (κ2) is 11.8. The molecule has 0 unspecified atom stereocenters. The average molecular weight is 504 g/mol. The Morgan fingerprint density at radius 3 is 2.61 bits per heavy atom. The summed E-state index contributed by atoms with van der Waals surface area (Å²) in [6.45, 7) is 6.70. The number of hydrogen-bond donors (Lipinski definition) is 1. The van der Waals surface area contributed by atoms with E-state index in [2.05, 4.69) is 16.9 Å². The van der Waals surface area contributed by atoms with Crippen molar-refractivity contribution in [2.45, 2.75) is 57.6 Å². The van der Waals surface area contributed by atoms with Gasteiger partial charge >= 0.3 is 6.09 Å². The summed E-state index contributed by atoms with van der Waals surface area (Å²) in [7, 11) is 0. The minimum atomic E-state index is -0.485. The highest BCUT2D eigenvalue weighted by molar-refractivity contribution is 5.67. The van der Waals surface area contributed by atoms with E-state index < -0.39 is 11.6 Å². The number of benzene rings is 1. The quantitative estimate of drug-likeness (QED) is 0.542. The van der Waals surface area contributed by atoms with Gasteiger partial charge in [-0.15, -0.1) is 0 Å². The van der Waals surface area contributed by atoms with Gasteiger partial charge in [0.05, 0.1) is 25.1 Å². The molecule has 2 N–H and O–H groups in total. The van der Waals surface area contributed by atoms with Crippen LogP contribution in [0.1, 0.15) is 51.0 Å². The van der Waals surface area contributed by atoms with E-state index in [0.29, 0.717) is 50.4 Å². The highest BCUT2D eigenvalue weighted by atomic mass is 19.1. The molecule has 8 nitrogen and oxygen atoms in total. The van der Waals surface area contributed by atoms with E-state index in [1.165, 1.54) is 6.07 Å². The molecule has 36 heavy (non-hydrogen) atoms. The summed E-state index contributed by atoms with van der Waals surface area (Å²) in [4.78, 5) is 24.6. The van der Waals surface area contributed by atoms with Crippen LogP contribution in [0.15, 0.2) is 30.6 Å². The number of ether oxygens (including phenoxy) is 2. The number of likely N-dealkylation sites (tertiary alicyclic amines) is 1. The summed E-state index contributed by atoms with van der Waals surface area (Å²) in [6.07, 6.45) is 6.52. The Kier molecular flexibility index (Phi) is 8.56. The van der Waals surface area contributed by atoms with Crippen LogP contribution < -0.4 is 15.4 Å². The van der Waals surface area contributed by atoms with E-state index in [-0.39, 0.29) is 29.7 Å². The lowest BCUT2D eigenvalue weighted by molar-refractivity contribution is 0.0630. The number of anilines is 1. The van der Waals surface area contributed by atoms with Gasteiger partial charge in [-0.05, 0) is 55.9 Å². The number of carbonyl (C=O) groups is 1. The lowest BCUT2D eigenvalue weighted by atomic mass is 9.92. The molecule has 2 fully saturated rings. The van der Waals surface area contributed by atoms with Crippen molar-refractivity contribution in [3.63, 3.8) is 0 Å². The Balaban J connectivity index is 1.28. The van der Waals surface area contributed by atoms with Gasteiger partial charge in [0.1, 0.15) is 11.6 Å². The van der Waals surface area contributed by atoms with Crippen molar-refractivity contribution in [1.29, 1.82) is 0 Å². The predicted molar refractivity (Wildman–Crippen MR) is 132 cm³/mol. The summed E-state index contributed by atoms with van der Waals surface area (Å²) >= 11 is 0. The monoisotopic (exact) mass is 503 g/mol. The SMILES string of the molecule is CCCCOC(=O)N1CCC([C@H](C)Oc2cnc(N3C[C@H](c4cc(F)ccc4F)[C@@H](N)C3)nc2)CC1. The lowest BCUT2D eigenvalue weighted by Crippen LogP contribution is -2.42. The summed E-state index contributed by atoms with van der Waals surface area (Å²) in [5.41, 5.74) is 6.53. The van der Waals surface area contributed by atoms with Crippen molar-refractivity contribution in [3.05, 3.63) is 47.8 Å². The van der Waals surface area contributed by atoms with Crippen molar-refractivity contribution in [3.8, 4) is 5.75 Å². The molecule has 3 atom stereocenters. The molecule has 0 spiro atoms. The topological polar surface area (TPSA) is 93.8 Å². The first-order valence-electron chi connectivity index (χ1n) is 12.7. The average Bonchev–Trinajstić information content (AvgIpc) is 3.27. The van der Waals surface area contributed by atoms with Crippen LogP contribution in [-0.4, -0.2) is 65.9 Å². The highest BCUT2D eigenvalue weighted by Crippen LogP contribution is 2.31. The Labute approximate surface area is 210 Å². The van der Waals surface area contributed by atoms with Crippen molar-refractivity contribution in [2.24, 2.45) is 11.7 Å². The van der Waals surface area contributed by atoms with E-state index >= 15 is 0 Å². The molecule has 0 bridgehead atoms. The smallest absolute Gasteiger partial charge is 0.409 e. The summed E-state index contributed by atoms with van der Waals surface area (Å²) in [6, 6.07) is 3.08. The predicted octanol–water partition coefficient (Wildman–Crippen LogP) is 4.10. The van der Waals surface area contributed by atoms with E-state index in [1.807, 2.05) is 11.8 Å². The third kappa shape index (κ3) is 6.21. The van der Waals surface area contributed by atoms with Crippen molar-refractivity contribution >= 4 is 12.0 Å². The van der Waals surface area contributed by atoms with Crippen LogP contribution in [0.4, 0.5) is 19.5 Å². The molecule has 1 amide bonds. The Morgan fingerprint density at radius 2 is 1.92 bits per heavy atom. The van der Waals surface area contributed by atoms with Crippen molar-refractivity contribution < 1.29 is 23.0 Å². The van der Waals surface area contributed by atoms with Gasteiger partial charge in [-0.1, -0.05) is 13.3 Å². The number of nitrogens with zero attached hydrogens (tertiary/aromatic N) is 4. The first kappa shape index (κ1) is 26.1. The standard InChI is InChI=1S/C26H35F2N5O3/c1-3-4-11-35-26(34)32-9-7-18(8-10-32)17(2)36-20-13-30-25(31-14-20)33-15-22(24(29)16-33)21-12-19(27)5-6-23(21)28/h5-6,12-14,17-18,22,24H,3-4,7-11,15-16,29H2,1-2H3/t17-,22+,24-/m0/s1. The van der Waals surface area contributed by atoms with Crippen LogP contribution in [0.5, 0.6) is 5.75 Å². The zero-order valence-electron chi connectivity index (χ0n) is 20.9. The van der Waals surface area contributed by atoms with E-state index in [4.69, 9.17) is 15.2 Å². The van der Waals surface area contributed by atoms with Gasteiger partial charge in [0, 0.05) is 38.1 Å². The van der Waals surface area contributed by atoms with Crippen LogP contribution in [0.3, 0.4) is 0 Å². The molecule has 2 aromatic rings. The summed E-state index contributed by atoms with van der Waals surface area (Å²) in [5.74, 6) is 0.0412. The second-order valence-electron chi connectivity index (χ2n) is 9.68. The van der Waals surface area contributed by atoms with Crippen molar-refractivity contribution in [1.82, 2.24) is 14.9 Å². The first-order valence-corrected chi connectivity index (χ1v) is 12.7. The largest absolute Gasteiger partial charge is 0.487 e. The zero-order chi connectivity index (χ0) is 25.7. The van der Waals surface area contributed by atoms with Crippen LogP contribution >= 0.6 is 0 Å². The normalized spacial score (nSPS) is 21.5. The van der Waals surface area contributed by atoms with Gasteiger partial charge in [-0.2, -0.15) is 0 Å². The molecule has 10 heteroatoms. The number of carbonyl (C=O) groups excluding carboxylic acids is 1. The van der Waals surface area contributed by atoms with E-state index in [9.17, 15) is 13.6 Å². The van der Waals surface area contributed by atoms with Gasteiger partial charge in [0.15, 0.2) is 5.75 Å². The van der Waals surface area contributed by atoms with Gasteiger partial charge in [0.2, 0.25) is 5.95 Å². The van der Waals surface area contributed by atoms with Crippen LogP contribution in [0, 0.1) is 17.6 Å². The molecule has 3 heterocycles. The highest BCUT2D eigenvalue weighted by Gasteiger charge is 2.34. The molecule has 0 aliphatic carbocycles. The summed E-state index contributed by atoms with van der Waals surface area (Å²) < 4.78 is 39.3. The van der Waals surface area contributed by atoms with E-state index in [1.54, 1.807) is 17.3 Å². The maximum absolute atomic E-state index is 14.3. The molecule has 2 saturated heterocycles. The number of aromatic nitrogens is 2. The molecule has 196 valence electrons. The van der Waals surface area contributed by atoms with Crippen LogP contribution in [0.2, 0.25) is 0 Å². The molecule has 1 aromatic heterocycles. The Morgan fingerprint density at radius 1 is 1.19 bits per heavy atom. The molecule has 4 rings (SSSR count). The van der Waals surface area contributed by atoms with Gasteiger partial charge in [0.25, 0.3) is 0 Å². The fourth-order valence-electron chi connectivity index (χ4n) is 4.91. The van der Waals surface area contributed by atoms with Crippen molar-refractivity contribution in [2.75, 3.05) is 37.7 Å². The molecule has 0 saturated carbocycles. The Hall–Kier alpha value is -3.01. The third-order valence-corrected chi connectivity index (χ3v) is 7.13. The lowest BCUT2D eigenvalue weighted by Gasteiger charge is -2.34. The molecular formula is C26H35F2N5O3. The van der Waals surface area contributed by atoms with Gasteiger partial charge in [-0.25, -0.2) is 23.5 Å². The minimum absolute atomic E-state index is 0.0572. The van der Waals surface area contributed by atoms with Gasteiger partial charge in [-0.3, -0.25) is 0 Å². The molecular weight excluding hydrogens is 468 g/mol. The van der Waals surface area contributed by atoms with E-state index in [0.717, 1.165) is 37.8 Å². The number of piperidine rings is 1. The molecule has 1 aromatic carbocycles. The molecule has 2 aliphatic heterocycles. The second-order valence-corrected chi connectivity index (χ2v) is 9.68. The number of unbranched alkanes of at least 4 members (excludes halogenated alkanes) is 1. The first-order chi connectivity index (χ1) is 17.4. The van der Waals surface area contributed by atoms with Gasteiger partial charge < -0.3 is 25.0 Å². The molecule has 2 aliphatic rings. The number of hydrogen-bond acceptors (Lipinski definition) is 7. The maximum atomic E-state index is 14.3. The zero-order valence-corrected chi connectivity index (χ0v) is 20.9. The Bertz CT molecular complexity index is 1020. The summed E-state index contributed by atoms with van der Waals surface area (Å²) in [5, 5.41) is 0. The van der Waals surface area contributed by atoms with Crippen LogP contribution in [0.25, 0.3) is 0 Å². The fraction of sp³-hybridized carbons (Fsp3) is 0.577. The maximum Gasteiger partial charge on any atom is 0.409 e. The number of amides is 1. The molecule has 0 radical (unpaired) electrons. The fourth-order valence-corrected chi connectivity index (χ4v) is 4.91. The number of nitrogens with two attached hydrogens (primary N) is 1.